The summed E-state index contributed by atoms with van der Waals surface area (Å²) in [6.45, 7) is 1.90. The molecule has 0 aromatic heterocycles. The highest BCUT2D eigenvalue weighted by atomic mass is 32.2. The zero-order valence-electron chi connectivity index (χ0n) is 17.8. The highest BCUT2D eigenvalue weighted by Crippen LogP contribution is 2.30. The molecule has 0 bridgehead atoms. The number of benzene rings is 3. The first-order valence-electron chi connectivity index (χ1n) is 10.2. The van der Waals surface area contributed by atoms with Crippen molar-refractivity contribution in [2.75, 3.05) is 5.32 Å². The molecule has 0 radical (unpaired) electrons. The van der Waals surface area contributed by atoms with Crippen LogP contribution < -0.4 is 5.32 Å². The Labute approximate surface area is 194 Å². The number of fused-ring (bicyclic) bond motifs is 1. The number of hydrogen-bond donors (Lipinski definition) is 2. The minimum absolute atomic E-state index is 0.0441. The zero-order chi connectivity index (χ0) is 24.6. The second-order valence-corrected chi connectivity index (χ2v) is 9.23. The maximum absolute atomic E-state index is 13.0. The van der Waals surface area contributed by atoms with E-state index < -0.39 is 33.7 Å². The van der Waals surface area contributed by atoms with Crippen LogP contribution in [0.25, 0.3) is 0 Å². The molecule has 1 aliphatic rings. The van der Waals surface area contributed by atoms with Crippen molar-refractivity contribution in [3.8, 4) is 0 Å². The summed E-state index contributed by atoms with van der Waals surface area (Å²) in [5.74, 6) is -4.05. The average molecular weight is 478 g/mol. The Hall–Kier alpha value is -4.31. The van der Waals surface area contributed by atoms with Crippen molar-refractivity contribution in [2.45, 2.75) is 18.2 Å². The molecule has 1 heterocycles. The number of imide groups is 1. The van der Waals surface area contributed by atoms with Crippen molar-refractivity contribution < 1.29 is 32.7 Å². The second-order valence-electron chi connectivity index (χ2n) is 7.44. The summed E-state index contributed by atoms with van der Waals surface area (Å²) in [5.41, 5.74) is 0.365. The molecule has 0 saturated heterocycles. The van der Waals surface area contributed by atoms with Crippen LogP contribution >= 0.6 is 0 Å². The van der Waals surface area contributed by atoms with Gasteiger partial charge in [0.05, 0.1) is 27.3 Å². The summed E-state index contributed by atoms with van der Waals surface area (Å²) in [6.07, 6.45) is 0.690. The Kier molecular flexibility index (Phi) is 5.76. The number of carboxylic acid groups (broad SMARTS) is 1. The lowest BCUT2D eigenvalue weighted by atomic mass is 10.0. The third kappa shape index (κ3) is 3.84. The van der Waals surface area contributed by atoms with Gasteiger partial charge in [-0.3, -0.25) is 14.4 Å². The van der Waals surface area contributed by atoms with Gasteiger partial charge in [-0.2, -0.15) is 4.31 Å². The Morgan fingerprint density at radius 1 is 0.912 bits per heavy atom. The van der Waals surface area contributed by atoms with E-state index in [1.165, 1.54) is 42.5 Å². The van der Waals surface area contributed by atoms with E-state index in [0.717, 1.165) is 11.6 Å². The number of aromatic carboxylic acids is 1. The van der Waals surface area contributed by atoms with Crippen molar-refractivity contribution in [3.05, 3.63) is 94.5 Å². The first kappa shape index (κ1) is 22.9. The number of anilines is 1. The number of hydrogen-bond acceptors (Lipinski definition) is 6. The number of carboxylic acids is 1. The van der Waals surface area contributed by atoms with Gasteiger partial charge in [0, 0.05) is 5.56 Å². The second kappa shape index (κ2) is 8.56. The molecular weight excluding hydrogens is 460 g/mol. The maximum atomic E-state index is 13.0. The fourth-order valence-electron chi connectivity index (χ4n) is 3.55. The average Bonchev–Trinajstić information content (AvgIpc) is 3.09. The molecule has 0 unspecified atom stereocenters. The van der Waals surface area contributed by atoms with Gasteiger partial charge in [0.2, 0.25) is 0 Å². The molecule has 0 saturated carbocycles. The van der Waals surface area contributed by atoms with E-state index in [-0.39, 0.29) is 37.1 Å². The highest BCUT2D eigenvalue weighted by Gasteiger charge is 2.44. The fourth-order valence-corrected chi connectivity index (χ4v) is 4.88. The number of nitrogens with one attached hydrogen (secondary N) is 1. The quantitative estimate of drug-likeness (QED) is 0.519. The van der Waals surface area contributed by atoms with Gasteiger partial charge in [0.1, 0.15) is 0 Å². The molecule has 1 aliphatic heterocycles. The van der Waals surface area contributed by atoms with Crippen LogP contribution in [0.1, 0.15) is 53.9 Å². The molecule has 9 nitrogen and oxygen atoms in total. The summed E-state index contributed by atoms with van der Waals surface area (Å²) in [6, 6.07) is 15.2. The molecule has 3 aromatic rings. The number of carbonyl (C=O) groups is 4. The van der Waals surface area contributed by atoms with Gasteiger partial charge in [-0.05, 0) is 54.4 Å². The Morgan fingerprint density at radius 3 is 2.21 bits per heavy atom. The van der Waals surface area contributed by atoms with Crippen LogP contribution in [-0.4, -0.2) is 41.5 Å². The van der Waals surface area contributed by atoms with Crippen LogP contribution in [0, 0.1) is 0 Å². The predicted molar refractivity (Wildman–Crippen MR) is 121 cm³/mol. The molecule has 0 atom stereocenters. The molecular formula is C24H18N2O7S. The van der Waals surface area contributed by atoms with Gasteiger partial charge in [0.25, 0.3) is 27.7 Å². The van der Waals surface area contributed by atoms with Gasteiger partial charge in [-0.25, -0.2) is 13.2 Å². The summed E-state index contributed by atoms with van der Waals surface area (Å²) in [5, 5.41) is 11.7. The molecule has 0 aliphatic carbocycles. The Balaban J connectivity index is 1.65. The standard InChI is InChI=1S/C24H18N2O7S/c1-2-14-7-10-16(11-8-14)34(32,33)26-22(28)17-12-9-15(13-19(17)23(26)29)21(27)25-20-6-4-3-5-18(20)24(30)31/h3-13H,2H2,1H3,(H,25,27)(H,30,31). The van der Waals surface area contributed by atoms with E-state index >= 15 is 0 Å². The summed E-state index contributed by atoms with van der Waals surface area (Å²) in [4.78, 5) is 49.6. The van der Waals surface area contributed by atoms with Crippen LogP contribution in [0.5, 0.6) is 0 Å². The minimum atomic E-state index is -4.46. The molecule has 3 amide bonds. The van der Waals surface area contributed by atoms with Gasteiger partial charge in [-0.1, -0.05) is 31.2 Å². The number of nitrogens with zero attached hydrogens (tertiary/aromatic N) is 1. The first-order valence-corrected chi connectivity index (χ1v) is 11.6. The minimum Gasteiger partial charge on any atom is -0.478 e. The summed E-state index contributed by atoms with van der Waals surface area (Å²) >= 11 is 0. The normalized spacial score (nSPS) is 13.0. The van der Waals surface area contributed by atoms with Crippen LogP contribution in [0.2, 0.25) is 0 Å². The number of sulfonamides is 1. The topological polar surface area (TPSA) is 138 Å². The van der Waals surface area contributed by atoms with Crippen LogP contribution in [0.4, 0.5) is 5.69 Å². The van der Waals surface area contributed by atoms with E-state index in [1.54, 1.807) is 18.2 Å². The molecule has 0 fully saturated rings. The smallest absolute Gasteiger partial charge is 0.337 e. The van der Waals surface area contributed by atoms with E-state index in [9.17, 15) is 32.7 Å². The fraction of sp³-hybridized carbons (Fsp3) is 0.0833. The van der Waals surface area contributed by atoms with Crippen LogP contribution in [0.3, 0.4) is 0 Å². The summed E-state index contributed by atoms with van der Waals surface area (Å²) < 4.78 is 26.3. The van der Waals surface area contributed by atoms with E-state index in [1.807, 2.05) is 6.92 Å². The molecule has 172 valence electrons. The van der Waals surface area contributed by atoms with Crippen molar-refractivity contribution in [2.24, 2.45) is 0 Å². The number of carbonyl (C=O) groups excluding carboxylic acids is 3. The van der Waals surface area contributed by atoms with Crippen molar-refractivity contribution >= 4 is 39.4 Å². The molecule has 0 spiro atoms. The third-order valence-corrected chi connectivity index (χ3v) is 7.07. The largest absolute Gasteiger partial charge is 0.478 e. The SMILES string of the molecule is CCc1ccc(S(=O)(=O)N2C(=O)c3ccc(C(=O)Nc4ccccc4C(=O)O)cc3C2=O)cc1. The van der Waals surface area contributed by atoms with Crippen LogP contribution in [0.15, 0.2) is 71.6 Å². The predicted octanol–water partition coefficient (Wildman–Crippen LogP) is 3.18. The van der Waals surface area contributed by atoms with E-state index in [0.29, 0.717) is 6.42 Å². The lowest BCUT2D eigenvalue weighted by Gasteiger charge is -2.14. The lowest BCUT2D eigenvalue weighted by molar-refractivity contribution is 0.0695. The number of para-hydroxylation sites is 1. The van der Waals surface area contributed by atoms with Crippen molar-refractivity contribution in [1.82, 2.24) is 4.31 Å². The Morgan fingerprint density at radius 2 is 1.56 bits per heavy atom. The first-order chi connectivity index (χ1) is 16.1. The van der Waals surface area contributed by atoms with Crippen LogP contribution in [-0.2, 0) is 16.4 Å². The molecule has 34 heavy (non-hydrogen) atoms. The summed E-state index contributed by atoms with van der Waals surface area (Å²) in [7, 11) is -4.46. The zero-order valence-corrected chi connectivity index (χ0v) is 18.6. The highest BCUT2D eigenvalue weighted by molar-refractivity contribution is 7.90. The van der Waals surface area contributed by atoms with Crippen molar-refractivity contribution in [3.63, 3.8) is 0 Å². The van der Waals surface area contributed by atoms with E-state index in [4.69, 9.17) is 0 Å². The maximum Gasteiger partial charge on any atom is 0.337 e. The number of rotatable bonds is 6. The van der Waals surface area contributed by atoms with Gasteiger partial charge in [-0.15, -0.1) is 0 Å². The lowest BCUT2D eigenvalue weighted by Crippen LogP contribution is -2.36. The molecule has 2 N–H and O–H groups in total. The third-order valence-electron chi connectivity index (χ3n) is 5.39. The molecule has 10 heteroatoms. The molecule has 4 rings (SSSR count). The molecule has 3 aromatic carbocycles. The van der Waals surface area contributed by atoms with Gasteiger partial charge < -0.3 is 10.4 Å². The Bertz CT molecular complexity index is 1460. The van der Waals surface area contributed by atoms with Crippen molar-refractivity contribution in [1.29, 1.82) is 0 Å². The van der Waals surface area contributed by atoms with Gasteiger partial charge >= 0.3 is 5.97 Å². The van der Waals surface area contributed by atoms with E-state index in [2.05, 4.69) is 5.32 Å². The number of aryl methyl sites for hydroxylation is 1. The van der Waals surface area contributed by atoms with Gasteiger partial charge in [0.15, 0.2) is 0 Å². The monoisotopic (exact) mass is 478 g/mol. The number of amides is 3.